The molecule has 160 valence electrons. The van der Waals surface area contributed by atoms with Gasteiger partial charge in [0.2, 0.25) is 10.0 Å². The lowest BCUT2D eigenvalue weighted by Gasteiger charge is -2.32. The summed E-state index contributed by atoms with van der Waals surface area (Å²) >= 11 is 0. The molecule has 0 unspecified atom stereocenters. The number of aromatic nitrogens is 3. The van der Waals surface area contributed by atoms with Gasteiger partial charge >= 0.3 is 5.69 Å². The van der Waals surface area contributed by atoms with E-state index in [0.29, 0.717) is 30.8 Å². The predicted octanol–water partition coefficient (Wildman–Crippen LogP) is 1.78. The number of hydrogen-bond donors (Lipinski definition) is 0. The van der Waals surface area contributed by atoms with E-state index in [2.05, 4.69) is 4.98 Å². The Morgan fingerprint density at radius 3 is 2.70 bits per heavy atom. The molecule has 1 fully saturated rings. The Morgan fingerprint density at radius 2 is 1.97 bits per heavy atom. The first kappa shape index (κ1) is 20.4. The quantitative estimate of drug-likeness (QED) is 0.610. The van der Waals surface area contributed by atoms with Crippen LogP contribution in [0.1, 0.15) is 18.9 Å². The Kier molecular flexibility index (Phi) is 5.29. The molecule has 0 N–H and O–H groups in total. The van der Waals surface area contributed by atoms with E-state index in [1.165, 1.54) is 24.6 Å². The van der Waals surface area contributed by atoms with Crippen LogP contribution in [0.4, 0.5) is 0 Å². The van der Waals surface area contributed by atoms with Crippen molar-refractivity contribution in [3.63, 3.8) is 0 Å². The van der Waals surface area contributed by atoms with Gasteiger partial charge in [-0.25, -0.2) is 18.2 Å². The van der Waals surface area contributed by atoms with Crippen molar-refractivity contribution in [2.45, 2.75) is 23.8 Å². The van der Waals surface area contributed by atoms with Crippen LogP contribution in [0.15, 0.2) is 46.2 Å². The largest absolute Gasteiger partial charge is 0.497 e. The number of fused-ring (bicyclic) bond motifs is 1. The molecule has 0 saturated carbocycles. The molecule has 3 heterocycles. The summed E-state index contributed by atoms with van der Waals surface area (Å²) in [5.74, 6) is 0.680. The van der Waals surface area contributed by atoms with Gasteiger partial charge in [0.1, 0.15) is 16.4 Å². The minimum atomic E-state index is -3.85. The normalized spacial score (nSPS) is 17.9. The van der Waals surface area contributed by atoms with E-state index in [1.54, 1.807) is 40.6 Å². The van der Waals surface area contributed by atoms with E-state index < -0.39 is 10.0 Å². The lowest BCUT2D eigenvalue weighted by Crippen LogP contribution is -2.43. The third kappa shape index (κ3) is 3.25. The molecule has 0 bridgehead atoms. The first-order valence-electron chi connectivity index (χ1n) is 9.62. The number of hydrogen-bond acceptors (Lipinski definition) is 6. The fourth-order valence-electron chi connectivity index (χ4n) is 3.99. The Bertz CT molecular complexity index is 1250. The maximum Gasteiger partial charge on any atom is 0.330 e. The van der Waals surface area contributed by atoms with E-state index in [-0.39, 0.29) is 28.9 Å². The number of imidazole rings is 1. The Morgan fingerprint density at radius 1 is 1.17 bits per heavy atom. The highest BCUT2D eigenvalue weighted by Crippen LogP contribution is 2.33. The summed E-state index contributed by atoms with van der Waals surface area (Å²) in [7, 11) is 0.757. The molecule has 0 radical (unpaired) electrons. The van der Waals surface area contributed by atoms with Crippen LogP contribution in [-0.2, 0) is 17.1 Å². The SMILES string of the molecule is COc1ccc(OC)c(S(=O)(=O)N2CCC[C@H](n3c(=O)n(C)c4cccnc43)C2)c1. The van der Waals surface area contributed by atoms with E-state index in [9.17, 15) is 13.2 Å². The van der Waals surface area contributed by atoms with Crippen molar-refractivity contribution in [1.29, 1.82) is 0 Å². The second kappa shape index (κ2) is 7.77. The van der Waals surface area contributed by atoms with E-state index in [0.717, 1.165) is 5.52 Å². The standard InChI is InChI=1S/C20H24N4O5S/c1-22-16-7-4-10-21-19(16)24(20(22)25)14-6-5-11-23(13-14)30(26,27)18-12-15(28-2)8-9-17(18)29-3/h4,7-10,12,14H,5-6,11,13H2,1-3H3/t14-/m0/s1. The van der Waals surface area contributed by atoms with Crippen LogP contribution < -0.4 is 15.2 Å². The van der Waals surface area contributed by atoms with Crippen LogP contribution in [0.3, 0.4) is 0 Å². The Hall–Kier alpha value is -2.85. The van der Waals surface area contributed by atoms with Gasteiger partial charge in [-0.3, -0.25) is 9.13 Å². The molecule has 1 atom stereocenters. The molecule has 0 aliphatic carbocycles. The van der Waals surface area contributed by atoms with Crippen LogP contribution >= 0.6 is 0 Å². The zero-order valence-electron chi connectivity index (χ0n) is 17.1. The number of methoxy groups -OCH3 is 2. The summed E-state index contributed by atoms with van der Waals surface area (Å²) in [5.41, 5.74) is 1.08. The second-order valence-electron chi connectivity index (χ2n) is 7.23. The summed E-state index contributed by atoms with van der Waals surface area (Å²) in [6, 6.07) is 7.99. The summed E-state index contributed by atoms with van der Waals surface area (Å²) in [6.07, 6.45) is 2.96. The van der Waals surface area contributed by atoms with Crippen molar-refractivity contribution in [2.75, 3.05) is 27.3 Å². The van der Waals surface area contributed by atoms with Crippen molar-refractivity contribution >= 4 is 21.2 Å². The van der Waals surface area contributed by atoms with Crippen LogP contribution in [0.25, 0.3) is 11.2 Å². The first-order chi connectivity index (χ1) is 14.4. The highest BCUT2D eigenvalue weighted by Gasteiger charge is 2.34. The summed E-state index contributed by atoms with van der Waals surface area (Å²) in [6.45, 7) is 0.546. The number of ether oxygens (including phenoxy) is 2. The predicted molar refractivity (Wildman–Crippen MR) is 112 cm³/mol. The van der Waals surface area contributed by atoms with Crippen molar-refractivity contribution in [3.8, 4) is 11.5 Å². The molecule has 10 heteroatoms. The van der Waals surface area contributed by atoms with E-state index in [1.807, 2.05) is 6.07 Å². The highest BCUT2D eigenvalue weighted by atomic mass is 32.2. The lowest BCUT2D eigenvalue weighted by atomic mass is 10.1. The fourth-order valence-corrected chi connectivity index (χ4v) is 5.68. The maximum atomic E-state index is 13.4. The molecule has 3 aromatic rings. The van der Waals surface area contributed by atoms with E-state index >= 15 is 0 Å². The fraction of sp³-hybridized carbons (Fsp3) is 0.400. The van der Waals surface area contributed by atoms with Crippen LogP contribution in [0, 0.1) is 0 Å². The minimum absolute atomic E-state index is 0.0494. The van der Waals surface area contributed by atoms with Gasteiger partial charge in [-0.1, -0.05) is 0 Å². The molecular formula is C20H24N4O5S. The van der Waals surface area contributed by atoms with Crippen LogP contribution in [0.5, 0.6) is 11.5 Å². The second-order valence-corrected chi connectivity index (χ2v) is 9.14. The van der Waals surface area contributed by atoms with Gasteiger partial charge in [-0.05, 0) is 37.1 Å². The minimum Gasteiger partial charge on any atom is -0.497 e. The summed E-state index contributed by atoms with van der Waals surface area (Å²) in [4.78, 5) is 17.3. The molecule has 2 aromatic heterocycles. The molecule has 0 spiro atoms. The van der Waals surface area contributed by atoms with Gasteiger partial charge in [-0.15, -0.1) is 0 Å². The highest BCUT2D eigenvalue weighted by molar-refractivity contribution is 7.89. The van der Waals surface area contributed by atoms with Crippen molar-refractivity contribution < 1.29 is 17.9 Å². The number of rotatable bonds is 5. The molecule has 1 saturated heterocycles. The third-order valence-electron chi connectivity index (χ3n) is 5.56. The summed E-state index contributed by atoms with van der Waals surface area (Å²) in [5, 5.41) is 0. The molecular weight excluding hydrogens is 408 g/mol. The topological polar surface area (TPSA) is 95.7 Å². The zero-order valence-corrected chi connectivity index (χ0v) is 17.9. The van der Waals surface area contributed by atoms with Crippen LogP contribution in [-0.4, -0.2) is 54.2 Å². The lowest BCUT2D eigenvalue weighted by molar-refractivity contribution is 0.264. The maximum absolute atomic E-state index is 13.4. The number of piperidine rings is 1. The van der Waals surface area contributed by atoms with Gasteiger partial charge in [0, 0.05) is 32.4 Å². The number of benzene rings is 1. The van der Waals surface area contributed by atoms with E-state index in [4.69, 9.17) is 9.47 Å². The number of aryl methyl sites for hydroxylation is 1. The molecule has 1 aromatic carbocycles. The first-order valence-corrected chi connectivity index (χ1v) is 11.1. The number of sulfonamides is 1. The Balaban J connectivity index is 1.74. The monoisotopic (exact) mass is 432 g/mol. The van der Waals surface area contributed by atoms with Gasteiger partial charge in [-0.2, -0.15) is 4.31 Å². The molecule has 0 amide bonds. The molecule has 9 nitrogen and oxygen atoms in total. The number of nitrogens with zero attached hydrogens (tertiary/aromatic N) is 4. The van der Waals surface area contributed by atoms with Crippen molar-refractivity contribution in [2.24, 2.45) is 7.05 Å². The molecule has 30 heavy (non-hydrogen) atoms. The molecule has 1 aliphatic heterocycles. The smallest absolute Gasteiger partial charge is 0.330 e. The number of pyridine rings is 1. The average molecular weight is 433 g/mol. The summed E-state index contributed by atoms with van der Waals surface area (Å²) < 4.78 is 41.9. The van der Waals surface area contributed by atoms with Gasteiger partial charge in [0.15, 0.2) is 5.65 Å². The zero-order chi connectivity index (χ0) is 21.5. The third-order valence-corrected chi connectivity index (χ3v) is 7.45. The average Bonchev–Trinajstić information content (AvgIpc) is 3.03. The van der Waals surface area contributed by atoms with Gasteiger partial charge in [0.05, 0.1) is 25.8 Å². The molecule has 1 aliphatic rings. The Labute approximate surface area is 174 Å². The van der Waals surface area contributed by atoms with Crippen molar-refractivity contribution in [3.05, 3.63) is 47.0 Å². The van der Waals surface area contributed by atoms with Crippen LogP contribution in [0.2, 0.25) is 0 Å². The van der Waals surface area contributed by atoms with Gasteiger partial charge < -0.3 is 9.47 Å². The van der Waals surface area contributed by atoms with Crippen molar-refractivity contribution in [1.82, 2.24) is 18.4 Å². The van der Waals surface area contributed by atoms with Gasteiger partial charge in [0.25, 0.3) is 0 Å². The molecule has 4 rings (SSSR count).